The molecule has 10 heteroatoms. The first-order chi connectivity index (χ1) is 7.77. The maximum atomic E-state index is 10.6. The molecule has 1 aromatic carbocycles. The summed E-state index contributed by atoms with van der Waals surface area (Å²) in [6, 6.07) is 0.514. The van der Waals surface area contributed by atoms with E-state index >= 15 is 0 Å². The molecule has 0 amide bonds. The topological polar surface area (TPSA) is 150 Å². The molecule has 0 bridgehead atoms. The maximum absolute atomic E-state index is 10.6. The molecule has 1 N–H and O–H groups in total. The van der Waals surface area contributed by atoms with Gasteiger partial charge in [-0.25, -0.2) is 0 Å². The number of hydrogen-bond donors (Lipinski definition) is 1. The lowest BCUT2D eigenvalue weighted by atomic mass is 10.1. The molecule has 0 saturated heterocycles. The van der Waals surface area contributed by atoms with Crippen molar-refractivity contribution in [2.75, 3.05) is 0 Å². The second-order valence-corrected chi connectivity index (χ2v) is 3.01. The molecule has 0 heterocycles. The third-order valence-electron chi connectivity index (χ3n) is 2.04. The number of hydrogen-bond acceptors (Lipinski definition) is 7. The molecule has 10 nitrogen and oxygen atoms in total. The Morgan fingerprint density at radius 1 is 1.00 bits per heavy atom. The van der Waals surface area contributed by atoms with Crippen LogP contribution in [0, 0.1) is 37.3 Å². The second-order valence-electron chi connectivity index (χ2n) is 3.01. The fraction of sp³-hybridized carbons (Fsp3) is 0.143. The Hall–Kier alpha value is -2.78. The van der Waals surface area contributed by atoms with Crippen LogP contribution in [0.25, 0.3) is 0 Å². The van der Waals surface area contributed by atoms with Crippen LogP contribution in [0.15, 0.2) is 6.07 Å². The van der Waals surface area contributed by atoms with Gasteiger partial charge in [0.05, 0.1) is 26.4 Å². The van der Waals surface area contributed by atoms with Gasteiger partial charge in [-0.15, -0.1) is 0 Å². The summed E-state index contributed by atoms with van der Waals surface area (Å²) in [6.45, 7) is 1.06. The number of aromatic hydroxyl groups is 1. The average molecular weight is 243 g/mol. The van der Waals surface area contributed by atoms with Gasteiger partial charge in [0.2, 0.25) is 0 Å². The van der Waals surface area contributed by atoms with Crippen molar-refractivity contribution in [2.45, 2.75) is 6.92 Å². The highest BCUT2D eigenvalue weighted by molar-refractivity contribution is 5.72. The number of rotatable bonds is 3. The largest absolute Gasteiger partial charge is 0.507 e. The van der Waals surface area contributed by atoms with Crippen molar-refractivity contribution >= 4 is 17.1 Å². The summed E-state index contributed by atoms with van der Waals surface area (Å²) in [5.74, 6) is -0.742. The van der Waals surface area contributed by atoms with E-state index in [1.54, 1.807) is 0 Å². The highest BCUT2D eigenvalue weighted by Crippen LogP contribution is 2.42. The van der Waals surface area contributed by atoms with E-state index in [2.05, 4.69) is 0 Å². The molecule has 0 aliphatic rings. The quantitative estimate of drug-likeness (QED) is 0.622. The van der Waals surface area contributed by atoms with Crippen molar-refractivity contribution in [3.05, 3.63) is 42.0 Å². The lowest BCUT2D eigenvalue weighted by molar-refractivity contribution is -0.441. The van der Waals surface area contributed by atoms with E-state index in [9.17, 15) is 35.4 Å². The minimum absolute atomic E-state index is 0.396. The SMILES string of the molecule is Cc1c(O)cc([N+](=O)[O-])c([N+](=O)[O-])c1[N+](=O)[O-]. The smallest absolute Gasteiger partial charge is 0.422 e. The molecule has 0 saturated carbocycles. The zero-order valence-corrected chi connectivity index (χ0v) is 8.32. The van der Waals surface area contributed by atoms with E-state index in [4.69, 9.17) is 0 Å². The molecule has 90 valence electrons. The van der Waals surface area contributed by atoms with Crippen molar-refractivity contribution in [2.24, 2.45) is 0 Å². The van der Waals surface area contributed by atoms with E-state index in [1.165, 1.54) is 0 Å². The Balaban J connectivity index is 3.83. The Labute approximate surface area is 92.5 Å². The van der Waals surface area contributed by atoms with Gasteiger partial charge < -0.3 is 5.11 Å². The van der Waals surface area contributed by atoms with E-state index < -0.39 is 43.1 Å². The highest BCUT2D eigenvalue weighted by atomic mass is 16.6. The van der Waals surface area contributed by atoms with Crippen LogP contribution in [-0.2, 0) is 0 Å². The van der Waals surface area contributed by atoms with Gasteiger partial charge in [-0.3, -0.25) is 30.3 Å². The van der Waals surface area contributed by atoms with Crippen LogP contribution in [-0.4, -0.2) is 19.9 Å². The van der Waals surface area contributed by atoms with Gasteiger partial charge in [0.15, 0.2) is 0 Å². The van der Waals surface area contributed by atoms with Crippen molar-refractivity contribution in [1.29, 1.82) is 0 Å². The zero-order valence-electron chi connectivity index (χ0n) is 8.32. The molecular weight excluding hydrogens is 238 g/mol. The van der Waals surface area contributed by atoms with Crippen LogP contribution in [0.1, 0.15) is 5.56 Å². The Kier molecular flexibility index (Phi) is 2.89. The van der Waals surface area contributed by atoms with Crippen molar-refractivity contribution in [3.63, 3.8) is 0 Å². The third kappa shape index (κ3) is 1.95. The Morgan fingerprint density at radius 3 is 1.82 bits per heavy atom. The van der Waals surface area contributed by atoms with Gasteiger partial charge in [0, 0.05) is 0 Å². The van der Waals surface area contributed by atoms with Crippen LogP contribution in [0.4, 0.5) is 17.1 Å². The molecule has 17 heavy (non-hydrogen) atoms. The molecule has 0 radical (unpaired) electrons. The van der Waals surface area contributed by atoms with Crippen molar-refractivity contribution in [3.8, 4) is 5.75 Å². The normalized spacial score (nSPS) is 9.94. The van der Waals surface area contributed by atoms with Crippen LogP contribution in [0.3, 0.4) is 0 Å². The molecule has 0 aromatic heterocycles. The van der Waals surface area contributed by atoms with Crippen molar-refractivity contribution in [1.82, 2.24) is 0 Å². The molecule has 0 aliphatic carbocycles. The first kappa shape index (κ1) is 12.3. The summed E-state index contributed by atoms with van der Waals surface area (Å²) >= 11 is 0. The van der Waals surface area contributed by atoms with Gasteiger partial charge in [-0.1, -0.05) is 0 Å². The summed E-state index contributed by atoms with van der Waals surface area (Å²) in [4.78, 5) is 28.3. The molecule has 0 aliphatic heterocycles. The molecule has 0 fully saturated rings. The summed E-state index contributed by atoms with van der Waals surface area (Å²) in [7, 11) is 0. The molecule has 1 aromatic rings. The van der Waals surface area contributed by atoms with E-state index in [1.807, 2.05) is 0 Å². The van der Waals surface area contributed by atoms with Crippen LogP contribution >= 0.6 is 0 Å². The lowest BCUT2D eigenvalue weighted by Gasteiger charge is -2.01. The first-order valence-corrected chi connectivity index (χ1v) is 4.07. The van der Waals surface area contributed by atoms with E-state index in [0.29, 0.717) is 6.07 Å². The van der Waals surface area contributed by atoms with Gasteiger partial charge >= 0.3 is 17.1 Å². The minimum Gasteiger partial charge on any atom is -0.507 e. The first-order valence-electron chi connectivity index (χ1n) is 4.07. The van der Waals surface area contributed by atoms with Gasteiger partial charge in [0.1, 0.15) is 5.75 Å². The summed E-state index contributed by atoms with van der Waals surface area (Å²) in [5.41, 5.74) is -3.84. The van der Waals surface area contributed by atoms with Crippen LogP contribution < -0.4 is 0 Å². The van der Waals surface area contributed by atoms with Gasteiger partial charge in [-0.2, -0.15) is 0 Å². The maximum Gasteiger partial charge on any atom is 0.422 e. The number of nitro groups is 3. The molecule has 0 atom stereocenters. The Morgan fingerprint density at radius 2 is 1.47 bits per heavy atom. The second kappa shape index (κ2) is 4.00. The molecule has 0 unspecified atom stereocenters. The van der Waals surface area contributed by atoms with E-state index in [-0.39, 0.29) is 0 Å². The summed E-state index contributed by atoms with van der Waals surface area (Å²) in [5, 5.41) is 41.1. The monoisotopic (exact) mass is 243 g/mol. The van der Waals surface area contributed by atoms with Gasteiger partial charge in [-0.05, 0) is 6.92 Å². The summed E-state index contributed by atoms with van der Waals surface area (Å²) < 4.78 is 0. The number of nitro benzene ring substituents is 3. The number of phenols is 1. The fourth-order valence-corrected chi connectivity index (χ4v) is 1.27. The highest BCUT2D eigenvalue weighted by Gasteiger charge is 2.39. The lowest BCUT2D eigenvalue weighted by Crippen LogP contribution is -2.03. The van der Waals surface area contributed by atoms with Crippen molar-refractivity contribution < 1.29 is 19.9 Å². The minimum atomic E-state index is -1.24. The van der Waals surface area contributed by atoms with Crippen LogP contribution in [0.2, 0.25) is 0 Å². The number of phenolic OH excluding ortho intramolecular Hbond substituents is 1. The molecule has 1 rings (SSSR count). The number of benzene rings is 1. The average Bonchev–Trinajstić information content (AvgIpc) is 2.19. The van der Waals surface area contributed by atoms with E-state index in [0.717, 1.165) is 6.92 Å². The van der Waals surface area contributed by atoms with Gasteiger partial charge in [0.25, 0.3) is 0 Å². The third-order valence-corrected chi connectivity index (χ3v) is 2.04. The fourth-order valence-electron chi connectivity index (χ4n) is 1.27. The predicted molar refractivity (Wildman–Crippen MR) is 52.8 cm³/mol. The zero-order chi connectivity index (χ0) is 13.3. The Bertz CT molecular complexity index is 539. The van der Waals surface area contributed by atoms with Crippen LogP contribution in [0.5, 0.6) is 5.75 Å². The molecular formula is C7H5N3O7. The number of nitrogens with zero attached hydrogens (tertiary/aromatic N) is 3. The predicted octanol–water partition coefficient (Wildman–Crippen LogP) is 1.43. The summed E-state index contributed by atoms with van der Waals surface area (Å²) in [6.07, 6.45) is 0. The standard InChI is InChI=1S/C7H5N3O7/c1-3-5(11)2-4(8(12)13)7(10(16)17)6(3)9(14)15/h2,11H,1H3. The molecule has 0 spiro atoms.